The van der Waals surface area contributed by atoms with E-state index in [0.29, 0.717) is 13.1 Å². The minimum atomic E-state index is -0.478. The van der Waals surface area contributed by atoms with Crippen molar-refractivity contribution < 1.29 is 9.53 Å². The maximum absolute atomic E-state index is 12.4. The van der Waals surface area contributed by atoms with Crippen LogP contribution in [0.4, 0.5) is 4.79 Å². The van der Waals surface area contributed by atoms with E-state index >= 15 is 0 Å². The highest BCUT2D eigenvalue weighted by Crippen LogP contribution is 2.27. The summed E-state index contributed by atoms with van der Waals surface area (Å²) in [5, 5.41) is 0. The van der Waals surface area contributed by atoms with Gasteiger partial charge in [0.25, 0.3) is 0 Å². The predicted octanol–water partition coefficient (Wildman–Crippen LogP) is 6.67. The second-order valence-electron chi connectivity index (χ2n) is 9.00. The number of nitrogens with zero attached hydrogens (tertiary/aromatic N) is 3. The summed E-state index contributed by atoms with van der Waals surface area (Å²) in [5.74, 6) is 0. The number of carbonyl (C=O) groups excluding carboxylic acids is 1. The second kappa shape index (κ2) is 13.1. The van der Waals surface area contributed by atoms with Crippen molar-refractivity contribution in [1.82, 2.24) is 9.80 Å². The van der Waals surface area contributed by atoms with Crippen molar-refractivity contribution in [2.24, 2.45) is 4.99 Å². The molecule has 0 aromatic carbocycles. The second-order valence-corrected chi connectivity index (χ2v) is 9.00. The van der Waals surface area contributed by atoms with Gasteiger partial charge >= 0.3 is 6.09 Å². The van der Waals surface area contributed by atoms with Crippen LogP contribution in [0, 0.1) is 0 Å². The lowest BCUT2D eigenvalue weighted by Crippen LogP contribution is -2.49. The average Bonchev–Trinajstić information content (AvgIpc) is 2.74. The lowest BCUT2D eigenvalue weighted by atomic mass is 9.92. The van der Waals surface area contributed by atoms with E-state index in [2.05, 4.69) is 63.8 Å². The third-order valence-corrected chi connectivity index (χ3v) is 5.26. The van der Waals surface area contributed by atoms with Gasteiger partial charge < -0.3 is 14.5 Å². The van der Waals surface area contributed by atoms with Gasteiger partial charge in [-0.2, -0.15) is 0 Å². The van der Waals surface area contributed by atoms with Gasteiger partial charge in [0, 0.05) is 49.4 Å². The van der Waals surface area contributed by atoms with Gasteiger partial charge in [0.15, 0.2) is 0 Å². The normalized spacial score (nSPS) is 18.0. The summed E-state index contributed by atoms with van der Waals surface area (Å²) in [5.41, 5.74) is 5.22. The van der Waals surface area contributed by atoms with E-state index in [0.717, 1.165) is 30.8 Å². The van der Waals surface area contributed by atoms with Crippen LogP contribution in [0.1, 0.15) is 68.7 Å². The first-order valence-corrected chi connectivity index (χ1v) is 11.7. The number of piperazine rings is 1. The first-order chi connectivity index (χ1) is 15.1. The Morgan fingerprint density at radius 3 is 2.12 bits per heavy atom. The third kappa shape index (κ3) is 8.52. The van der Waals surface area contributed by atoms with Crippen LogP contribution in [0.2, 0.25) is 0 Å². The van der Waals surface area contributed by atoms with Crippen molar-refractivity contribution in [1.29, 1.82) is 0 Å². The van der Waals surface area contributed by atoms with Gasteiger partial charge in [0.1, 0.15) is 5.60 Å². The smallest absolute Gasteiger partial charge is 0.410 e. The minimum absolute atomic E-state index is 0.235. The molecule has 0 spiro atoms. The fourth-order valence-electron chi connectivity index (χ4n) is 3.59. The van der Waals surface area contributed by atoms with Gasteiger partial charge in [0.05, 0.1) is 0 Å². The van der Waals surface area contributed by atoms with Crippen LogP contribution in [-0.4, -0.2) is 53.4 Å². The Morgan fingerprint density at radius 1 is 1.03 bits per heavy atom. The molecule has 1 aliphatic heterocycles. The summed E-state index contributed by atoms with van der Waals surface area (Å²) in [6.07, 6.45) is 13.1. The maximum atomic E-state index is 12.4. The summed E-state index contributed by atoms with van der Waals surface area (Å²) >= 11 is 0. The van der Waals surface area contributed by atoms with E-state index in [1.807, 2.05) is 40.0 Å². The molecule has 1 saturated heterocycles. The van der Waals surface area contributed by atoms with E-state index in [-0.39, 0.29) is 6.09 Å². The number of allylic oxidation sites excluding steroid dienone is 9. The molecule has 32 heavy (non-hydrogen) atoms. The lowest BCUT2D eigenvalue weighted by Gasteiger charge is -2.38. The van der Waals surface area contributed by atoms with Crippen molar-refractivity contribution in [2.75, 3.05) is 26.2 Å². The van der Waals surface area contributed by atoms with E-state index < -0.39 is 5.60 Å². The molecule has 1 aliphatic rings. The van der Waals surface area contributed by atoms with Crippen LogP contribution in [0.3, 0.4) is 0 Å². The number of aliphatic imine (C=N–C) groups is 1. The molecule has 0 saturated carbocycles. The number of hydrogen-bond donors (Lipinski definition) is 0. The van der Waals surface area contributed by atoms with Gasteiger partial charge in [-0.1, -0.05) is 37.3 Å². The summed E-state index contributed by atoms with van der Waals surface area (Å²) in [4.78, 5) is 21.3. The molecule has 5 heteroatoms. The summed E-state index contributed by atoms with van der Waals surface area (Å²) in [6, 6.07) is 0. The number of amides is 1. The predicted molar refractivity (Wildman–Crippen MR) is 137 cm³/mol. The zero-order valence-corrected chi connectivity index (χ0v) is 21.7. The Hall–Kier alpha value is -2.56. The molecule has 1 amide bonds. The van der Waals surface area contributed by atoms with Crippen molar-refractivity contribution in [3.63, 3.8) is 0 Å². The first-order valence-electron chi connectivity index (χ1n) is 11.7. The molecule has 0 bridgehead atoms. The van der Waals surface area contributed by atoms with Gasteiger partial charge in [-0.15, -0.1) is 0 Å². The van der Waals surface area contributed by atoms with Crippen LogP contribution in [0.25, 0.3) is 0 Å². The highest BCUT2D eigenvalue weighted by atomic mass is 16.6. The van der Waals surface area contributed by atoms with Crippen LogP contribution >= 0.6 is 0 Å². The molecule has 0 aromatic heterocycles. The summed E-state index contributed by atoms with van der Waals surface area (Å²) in [7, 11) is 0. The minimum Gasteiger partial charge on any atom is -0.444 e. The lowest BCUT2D eigenvalue weighted by molar-refractivity contribution is 0.0168. The molecule has 0 unspecified atom stereocenters. The van der Waals surface area contributed by atoms with Crippen LogP contribution in [-0.2, 0) is 4.74 Å². The Balaban J connectivity index is 3.25. The molecular formula is C27H43N3O2. The average molecular weight is 442 g/mol. The molecule has 1 rings (SSSR count). The van der Waals surface area contributed by atoms with Crippen LogP contribution in [0.15, 0.2) is 64.0 Å². The van der Waals surface area contributed by atoms with Gasteiger partial charge in [-0.05, 0) is 73.0 Å². The maximum Gasteiger partial charge on any atom is 0.410 e. The zero-order chi connectivity index (χ0) is 24.3. The largest absolute Gasteiger partial charge is 0.444 e. The fourth-order valence-corrected chi connectivity index (χ4v) is 3.59. The quantitative estimate of drug-likeness (QED) is 0.327. The van der Waals surface area contributed by atoms with Gasteiger partial charge in [0.2, 0.25) is 0 Å². The monoisotopic (exact) mass is 441 g/mol. The van der Waals surface area contributed by atoms with Crippen molar-refractivity contribution in [3.05, 3.63) is 59.0 Å². The summed E-state index contributed by atoms with van der Waals surface area (Å²) < 4.78 is 5.54. The van der Waals surface area contributed by atoms with Crippen molar-refractivity contribution in [3.8, 4) is 0 Å². The molecular weight excluding hydrogens is 398 g/mol. The molecule has 1 heterocycles. The molecule has 0 N–H and O–H groups in total. The Morgan fingerprint density at radius 2 is 1.62 bits per heavy atom. The van der Waals surface area contributed by atoms with E-state index in [9.17, 15) is 4.79 Å². The number of carbonyl (C=O) groups is 1. The topological polar surface area (TPSA) is 45.1 Å². The number of ether oxygens (including phenoxy) is 1. The molecule has 1 fully saturated rings. The highest BCUT2D eigenvalue weighted by molar-refractivity contribution is 6.04. The molecule has 5 nitrogen and oxygen atoms in total. The fraction of sp³-hybridized carbons (Fsp3) is 0.556. The third-order valence-electron chi connectivity index (χ3n) is 5.26. The molecule has 0 atom stereocenters. The van der Waals surface area contributed by atoms with Crippen LogP contribution < -0.4 is 0 Å². The zero-order valence-electron chi connectivity index (χ0n) is 21.7. The van der Waals surface area contributed by atoms with Crippen LogP contribution in [0.5, 0.6) is 0 Å². The molecule has 0 radical (unpaired) electrons. The Labute approximate surface area is 195 Å². The van der Waals surface area contributed by atoms with E-state index in [1.54, 1.807) is 4.90 Å². The SMILES string of the molecule is C\C=C/C=C(C)/C(=C/C)C(/C(C)=N/C=C/CC)=C(/C)N1CCN(C(=O)OC(C)(C)C)CC1. The van der Waals surface area contributed by atoms with Crippen molar-refractivity contribution >= 4 is 11.8 Å². The first kappa shape index (κ1) is 27.5. The van der Waals surface area contributed by atoms with Gasteiger partial charge in [-0.25, -0.2) is 4.79 Å². The summed E-state index contributed by atoms with van der Waals surface area (Å²) in [6.45, 7) is 21.1. The molecule has 178 valence electrons. The van der Waals surface area contributed by atoms with Gasteiger partial charge in [-0.3, -0.25) is 4.99 Å². The molecule has 0 aliphatic carbocycles. The number of hydrogen-bond acceptors (Lipinski definition) is 4. The highest BCUT2D eigenvalue weighted by Gasteiger charge is 2.27. The molecule has 0 aromatic rings. The number of rotatable bonds is 7. The Bertz CT molecular complexity index is 812. The standard InChI is InChI=1S/C27H43N3O2/c1-10-13-15-21(4)24(12-3)25(22(5)28-16-14-11-2)23(6)29-17-19-30(20-18-29)26(31)32-27(7,8)9/h10,12-16H,11,17-20H2,1-9H3/b13-10-,16-14+,21-15+,24-12-,25-23-,28-22+. The van der Waals surface area contributed by atoms with Crippen molar-refractivity contribution in [2.45, 2.75) is 74.3 Å². The Kier molecular flexibility index (Phi) is 11.2. The van der Waals surface area contributed by atoms with E-state index in [4.69, 9.17) is 9.73 Å². The van der Waals surface area contributed by atoms with E-state index in [1.165, 1.54) is 16.8 Å².